The topological polar surface area (TPSA) is 76.2 Å². The van der Waals surface area contributed by atoms with Gasteiger partial charge in [0.1, 0.15) is 5.57 Å². The second-order valence-electron chi connectivity index (χ2n) is 4.87. The predicted octanol–water partition coefficient (Wildman–Crippen LogP) is 2.89. The molecule has 5 nitrogen and oxygen atoms in total. The van der Waals surface area contributed by atoms with Gasteiger partial charge in [0, 0.05) is 6.42 Å². The van der Waals surface area contributed by atoms with Gasteiger partial charge in [-0.05, 0) is 17.6 Å². The Morgan fingerprint density at radius 3 is 2.60 bits per heavy atom. The molecule has 0 spiro atoms. The molecule has 0 saturated heterocycles. The van der Waals surface area contributed by atoms with Gasteiger partial charge in [-0.15, -0.1) is 10.2 Å². The normalized spacial score (nSPS) is 11.8. The van der Waals surface area contributed by atoms with Crippen LogP contribution < -0.4 is 0 Å². The summed E-state index contributed by atoms with van der Waals surface area (Å²) in [7, 11) is 0. The second-order valence-corrected chi connectivity index (χ2v) is 4.87. The van der Waals surface area contributed by atoms with E-state index in [1.807, 2.05) is 44.2 Å². The molecular weight excluding hydrogens is 256 g/mol. The van der Waals surface area contributed by atoms with Crippen LogP contribution in [0.1, 0.15) is 31.2 Å². The summed E-state index contributed by atoms with van der Waals surface area (Å²) in [6.07, 6.45) is 2.15. The van der Waals surface area contributed by atoms with Gasteiger partial charge in [-0.2, -0.15) is 0 Å². The molecule has 0 aliphatic carbocycles. The van der Waals surface area contributed by atoms with E-state index in [1.165, 1.54) is 6.08 Å². The number of benzene rings is 1. The zero-order valence-corrected chi connectivity index (χ0v) is 11.4. The Hall–Kier alpha value is -2.43. The summed E-state index contributed by atoms with van der Waals surface area (Å²) in [5, 5.41) is 17.0. The molecule has 0 aliphatic rings. The molecule has 0 aliphatic heterocycles. The van der Waals surface area contributed by atoms with E-state index in [9.17, 15) is 9.90 Å². The second kappa shape index (κ2) is 6.14. The van der Waals surface area contributed by atoms with Crippen LogP contribution in [0.3, 0.4) is 0 Å². The third-order valence-corrected chi connectivity index (χ3v) is 2.62. The number of aliphatic carboxylic acids is 1. The van der Waals surface area contributed by atoms with Crippen LogP contribution in [0.5, 0.6) is 0 Å². The quantitative estimate of drug-likeness (QED) is 0.847. The Kier molecular flexibility index (Phi) is 4.30. The molecule has 0 saturated carbocycles. The molecular formula is C15H16N2O3. The molecule has 2 aromatic rings. The van der Waals surface area contributed by atoms with Gasteiger partial charge in [-0.3, -0.25) is 0 Å². The first-order valence-corrected chi connectivity index (χ1v) is 6.39. The van der Waals surface area contributed by atoms with Crippen molar-refractivity contribution >= 4 is 17.6 Å². The number of carboxylic acids is 1. The van der Waals surface area contributed by atoms with Crippen LogP contribution in [0.25, 0.3) is 11.6 Å². The van der Waals surface area contributed by atoms with E-state index in [-0.39, 0.29) is 11.5 Å². The maximum absolute atomic E-state index is 11.3. The summed E-state index contributed by atoms with van der Waals surface area (Å²) in [6.45, 7) is 4.06. The molecule has 1 aromatic heterocycles. The van der Waals surface area contributed by atoms with E-state index in [0.717, 1.165) is 5.56 Å². The molecule has 0 atom stereocenters. The number of carbonyl (C=O) groups is 1. The number of hydrogen-bond acceptors (Lipinski definition) is 4. The van der Waals surface area contributed by atoms with Crippen molar-refractivity contribution in [2.75, 3.05) is 0 Å². The largest absolute Gasteiger partial charge is 0.477 e. The lowest BCUT2D eigenvalue weighted by atomic mass is 10.1. The van der Waals surface area contributed by atoms with Crippen LogP contribution in [0.15, 0.2) is 34.7 Å². The first-order valence-electron chi connectivity index (χ1n) is 6.39. The van der Waals surface area contributed by atoms with Gasteiger partial charge in [0.05, 0.1) is 0 Å². The highest BCUT2D eigenvalue weighted by molar-refractivity contribution is 6.19. The fourth-order valence-electron chi connectivity index (χ4n) is 1.73. The van der Waals surface area contributed by atoms with E-state index < -0.39 is 5.97 Å². The summed E-state index contributed by atoms with van der Waals surface area (Å²) in [6, 6.07) is 9.17. The van der Waals surface area contributed by atoms with Crippen LogP contribution in [0.2, 0.25) is 0 Å². The van der Waals surface area contributed by atoms with Crippen molar-refractivity contribution in [3.8, 4) is 0 Å². The average Bonchev–Trinajstić information content (AvgIpc) is 2.84. The van der Waals surface area contributed by atoms with E-state index >= 15 is 0 Å². The lowest BCUT2D eigenvalue weighted by Crippen LogP contribution is -2.00. The highest BCUT2D eigenvalue weighted by Gasteiger charge is 2.18. The molecule has 20 heavy (non-hydrogen) atoms. The SMILES string of the molecule is CC(C)Cc1nnc(/C(=C/c2ccccc2)C(=O)O)o1. The van der Waals surface area contributed by atoms with E-state index in [4.69, 9.17) is 4.42 Å². The molecule has 0 unspecified atom stereocenters. The van der Waals surface area contributed by atoms with E-state index in [2.05, 4.69) is 10.2 Å². The van der Waals surface area contributed by atoms with Crippen molar-refractivity contribution in [2.24, 2.45) is 5.92 Å². The number of nitrogens with zero attached hydrogens (tertiary/aromatic N) is 2. The first kappa shape index (κ1) is 14.0. The van der Waals surface area contributed by atoms with Crippen LogP contribution in [0, 0.1) is 5.92 Å². The monoisotopic (exact) mass is 272 g/mol. The minimum absolute atomic E-state index is 0.00120. The van der Waals surface area contributed by atoms with Crippen molar-refractivity contribution in [1.82, 2.24) is 10.2 Å². The lowest BCUT2D eigenvalue weighted by Gasteiger charge is -1.99. The smallest absolute Gasteiger partial charge is 0.341 e. The summed E-state index contributed by atoms with van der Waals surface area (Å²) >= 11 is 0. The number of aromatic nitrogens is 2. The van der Waals surface area contributed by atoms with Gasteiger partial charge in [0.2, 0.25) is 5.89 Å². The van der Waals surface area contributed by atoms with Gasteiger partial charge >= 0.3 is 5.97 Å². The Labute approximate surface area is 117 Å². The highest BCUT2D eigenvalue weighted by Crippen LogP contribution is 2.18. The number of hydrogen-bond donors (Lipinski definition) is 1. The summed E-state index contributed by atoms with van der Waals surface area (Å²) in [5.74, 6) is -0.226. The van der Waals surface area contributed by atoms with Crippen LogP contribution in [-0.4, -0.2) is 21.3 Å². The van der Waals surface area contributed by atoms with Crippen LogP contribution >= 0.6 is 0 Å². The Balaban J connectivity index is 2.32. The van der Waals surface area contributed by atoms with Gasteiger partial charge in [-0.1, -0.05) is 44.2 Å². The molecule has 104 valence electrons. The highest BCUT2D eigenvalue weighted by atomic mass is 16.4. The van der Waals surface area contributed by atoms with E-state index in [1.54, 1.807) is 0 Å². The van der Waals surface area contributed by atoms with Crippen molar-refractivity contribution in [1.29, 1.82) is 0 Å². The zero-order valence-electron chi connectivity index (χ0n) is 11.4. The minimum atomic E-state index is -1.09. The molecule has 1 N–H and O–H groups in total. The molecule has 1 heterocycles. The Morgan fingerprint density at radius 2 is 2.00 bits per heavy atom. The van der Waals surface area contributed by atoms with Crippen molar-refractivity contribution in [2.45, 2.75) is 20.3 Å². The van der Waals surface area contributed by atoms with Gasteiger partial charge in [-0.25, -0.2) is 4.79 Å². The summed E-state index contributed by atoms with van der Waals surface area (Å²) in [5.41, 5.74) is 0.771. The van der Waals surface area contributed by atoms with Crippen molar-refractivity contribution < 1.29 is 14.3 Å². The van der Waals surface area contributed by atoms with Crippen molar-refractivity contribution in [3.63, 3.8) is 0 Å². The van der Waals surface area contributed by atoms with Crippen LogP contribution in [0.4, 0.5) is 0 Å². The summed E-state index contributed by atoms with van der Waals surface area (Å²) < 4.78 is 5.42. The Morgan fingerprint density at radius 1 is 1.30 bits per heavy atom. The van der Waals surface area contributed by atoms with Gasteiger partial charge in [0.15, 0.2) is 0 Å². The third-order valence-electron chi connectivity index (χ3n) is 2.62. The zero-order chi connectivity index (χ0) is 14.5. The Bertz CT molecular complexity index is 615. The molecule has 0 amide bonds. The standard InChI is InChI=1S/C15H16N2O3/c1-10(2)8-13-16-17-14(20-13)12(15(18)19)9-11-6-4-3-5-7-11/h3-7,9-10H,8H2,1-2H3,(H,18,19)/b12-9-. The molecule has 1 aromatic carbocycles. The van der Waals surface area contributed by atoms with Gasteiger partial charge in [0.25, 0.3) is 5.89 Å². The van der Waals surface area contributed by atoms with Crippen LogP contribution in [-0.2, 0) is 11.2 Å². The summed E-state index contributed by atoms with van der Waals surface area (Å²) in [4.78, 5) is 11.3. The number of carboxylic acid groups (broad SMARTS) is 1. The third kappa shape index (κ3) is 3.54. The lowest BCUT2D eigenvalue weighted by molar-refractivity contribution is -0.130. The average molecular weight is 272 g/mol. The van der Waals surface area contributed by atoms with Gasteiger partial charge < -0.3 is 9.52 Å². The molecule has 5 heteroatoms. The predicted molar refractivity (Wildman–Crippen MR) is 74.8 cm³/mol. The molecule has 0 bridgehead atoms. The molecule has 2 rings (SSSR count). The maximum atomic E-state index is 11.3. The number of rotatable bonds is 5. The maximum Gasteiger partial charge on any atom is 0.341 e. The minimum Gasteiger partial charge on any atom is -0.477 e. The molecule has 0 radical (unpaired) electrons. The molecule has 0 fully saturated rings. The fourth-order valence-corrected chi connectivity index (χ4v) is 1.73. The van der Waals surface area contributed by atoms with Crippen molar-refractivity contribution in [3.05, 3.63) is 47.7 Å². The first-order chi connectivity index (χ1) is 9.56. The van der Waals surface area contributed by atoms with E-state index in [0.29, 0.717) is 18.2 Å². The fraction of sp³-hybridized carbons (Fsp3) is 0.267.